The summed E-state index contributed by atoms with van der Waals surface area (Å²) in [5.41, 5.74) is 0.789. The lowest BCUT2D eigenvalue weighted by Crippen LogP contribution is -2.09. The minimum Gasteiger partial charge on any atom is -0.346 e. The van der Waals surface area contributed by atoms with Crippen molar-refractivity contribution in [2.75, 3.05) is 0 Å². The van der Waals surface area contributed by atoms with E-state index in [0.29, 0.717) is 5.39 Å². The summed E-state index contributed by atoms with van der Waals surface area (Å²) in [6, 6.07) is 7.21. The highest BCUT2D eigenvalue weighted by Gasteiger charge is 2.34. The molecule has 0 saturated heterocycles. The number of benzene rings is 1. The van der Waals surface area contributed by atoms with Crippen LogP contribution in [0.1, 0.15) is 0 Å². The maximum Gasteiger partial charge on any atom is 0.502 e. The smallest absolute Gasteiger partial charge is 0.346 e. The van der Waals surface area contributed by atoms with Crippen LogP contribution < -0.4 is 8.37 Å². The van der Waals surface area contributed by atoms with Crippen molar-refractivity contribution >= 4 is 37.4 Å². The van der Waals surface area contributed by atoms with E-state index >= 15 is 0 Å². The Labute approximate surface area is 93.9 Å². The molecule has 2 aromatic rings. The summed E-state index contributed by atoms with van der Waals surface area (Å²) in [7, 11) is -3.93. The molecule has 0 amide bonds. The monoisotopic (exact) mass is 289 g/mol. The van der Waals surface area contributed by atoms with Crippen molar-refractivity contribution in [3.05, 3.63) is 24.3 Å². The van der Waals surface area contributed by atoms with Crippen LogP contribution in [0.15, 0.2) is 24.3 Å². The summed E-state index contributed by atoms with van der Waals surface area (Å²) in [4.78, 5) is 0. The molecule has 0 atom stereocenters. The maximum absolute atomic E-state index is 11.1. The van der Waals surface area contributed by atoms with Gasteiger partial charge < -0.3 is 8.37 Å². The topological polar surface area (TPSA) is 57.5 Å². The number of fused-ring (bicyclic) bond motifs is 3. The van der Waals surface area contributed by atoms with Crippen LogP contribution in [0.3, 0.4) is 0 Å². The minimum atomic E-state index is -3.93. The van der Waals surface area contributed by atoms with Crippen LogP contribution in [0.2, 0.25) is 0 Å². The van der Waals surface area contributed by atoms with Crippen molar-refractivity contribution in [3.63, 3.8) is 0 Å². The van der Waals surface area contributed by atoms with Crippen LogP contribution in [0, 0.1) is 0 Å². The van der Waals surface area contributed by atoms with Gasteiger partial charge in [-0.15, -0.1) is 8.42 Å². The van der Waals surface area contributed by atoms with Gasteiger partial charge in [-0.25, -0.2) is 3.59 Å². The third-order valence-corrected chi connectivity index (χ3v) is 3.54. The van der Waals surface area contributed by atoms with Crippen LogP contribution >= 0.6 is 16.1 Å². The predicted octanol–water partition coefficient (Wildman–Crippen LogP) is 1.82. The van der Waals surface area contributed by atoms with Crippen molar-refractivity contribution in [3.8, 4) is 11.6 Å². The van der Waals surface area contributed by atoms with E-state index in [1.165, 1.54) is 3.59 Å². The van der Waals surface area contributed by atoms with Crippen molar-refractivity contribution in [2.24, 2.45) is 0 Å². The predicted molar refractivity (Wildman–Crippen MR) is 56.4 cm³/mol. The fraction of sp³-hybridized carbons (Fsp3) is 0. The molecule has 78 valence electrons. The molecule has 1 aromatic carbocycles. The van der Waals surface area contributed by atoms with E-state index in [0.717, 1.165) is 5.52 Å². The van der Waals surface area contributed by atoms with E-state index in [1.54, 1.807) is 12.1 Å². The summed E-state index contributed by atoms with van der Waals surface area (Å²) in [6.45, 7) is 0. The molecular formula is C8H4BrNO4S. The molecule has 15 heavy (non-hydrogen) atoms. The molecule has 3 rings (SSSR count). The van der Waals surface area contributed by atoms with Gasteiger partial charge in [0, 0.05) is 5.39 Å². The van der Waals surface area contributed by atoms with Gasteiger partial charge in [0.1, 0.15) is 0 Å². The molecule has 0 radical (unpaired) electrons. The lowest BCUT2D eigenvalue weighted by Gasteiger charge is -1.97. The number of hydrogen-bond donors (Lipinski definition) is 0. The Bertz CT molecular complexity index is 661. The second kappa shape index (κ2) is 2.67. The summed E-state index contributed by atoms with van der Waals surface area (Å²) >= 11 is 3.20. The van der Waals surface area contributed by atoms with Gasteiger partial charge in [0.25, 0.3) is 5.88 Å². The fourth-order valence-electron chi connectivity index (χ4n) is 1.52. The van der Waals surface area contributed by atoms with Gasteiger partial charge in [0.05, 0.1) is 21.7 Å². The Hall–Kier alpha value is -1.21. The van der Waals surface area contributed by atoms with Gasteiger partial charge in [0.2, 0.25) is 5.75 Å². The normalized spacial score (nSPS) is 17.1. The lowest BCUT2D eigenvalue weighted by molar-refractivity contribution is 0.433. The molecule has 0 N–H and O–H groups in total. The summed E-state index contributed by atoms with van der Waals surface area (Å²) in [5.74, 6) is 0.374. The van der Waals surface area contributed by atoms with Crippen molar-refractivity contribution in [2.45, 2.75) is 0 Å². The molecule has 5 nitrogen and oxygen atoms in total. The van der Waals surface area contributed by atoms with Crippen molar-refractivity contribution in [1.29, 1.82) is 0 Å². The number of rotatable bonds is 0. The van der Waals surface area contributed by atoms with Gasteiger partial charge in [-0.2, -0.15) is 0 Å². The van der Waals surface area contributed by atoms with Crippen molar-refractivity contribution < 1.29 is 16.8 Å². The van der Waals surface area contributed by atoms with Gasteiger partial charge >= 0.3 is 10.4 Å². The van der Waals surface area contributed by atoms with E-state index in [9.17, 15) is 8.42 Å². The number of nitrogens with zero attached hydrogens (tertiary/aromatic N) is 1. The molecule has 1 aromatic heterocycles. The Morgan fingerprint density at radius 3 is 2.73 bits per heavy atom. The number of hydrogen-bond acceptors (Lipinski definition) is 4. The second-order valence-electron chi connectivity index (χ2n) is 3.01. The number of halogens is 1. The van der Waals surface area contributed by atoms with Crippen LogP contribution in [0.25, 0.3) is 10.9 Å². The molecule has 7 heteroatoms. The molecule has 0 bridgehead atoms. The maximum atomic E-state index is 11.1. The first-order valence-electron chi connectivity index (χ1n) is 4.02. The highest BCUT2D eigenvalue weighted by molar-refractivity contribution is 9.08. The number of para-hydroxylation sites is 1. The first-order chi connectivity index (χ1) is 7.08. The third kappa shape index (κ3) is 1.16. The zero-order valence-corrected chi connectivity index (χ0v) is 9.58. The quantitative estimate of drug-likeness (QED) is 0.742. The molecule has 0 saturated carbocycles. The largest absolute Gasteiger partial charge is 0.502 e. The van der Waals surface area contributed by atoms with E-state index in [2.05, 4.69) is 20.3 Å². The lowest BCUT2D eigenvalue weighted by atomic mass is 10.2. The van der Waals surface area contributed by atoms with Crippen LogP contribution in [-0.2, 0) is 10.4 Å². The standard InChI is InChI=1S/C8H4BrNO4S/c9-10-6-4-2-1-3-5(6)7-8(10)14-15(11,12)13-7/h1-4H. The molecular weight excluding hydrogens is 286 g/mol. The van der Waals surface area contributed by atoms with Gasteiger partial charge in [-0.3, -0.25) is 0 Å². The number of aromatic nitrogens is 1. The van der Waals surface area contributed by atoms with Crippen molar-refractivity contribution in [1.82, 2.24) is 3.59 Å². The average Bonchev–Trinajstić information content (AvgIpc) is 2.63. The molecule has 2 heterocycles. The van der Waals surface area contributed by atoms with Gasteiger partial charge in [0.15, 0.2) is 0 Å². The van der Waals surface area contributed by atoms with Crippen LogP contribution in [-0.4, -0.2) is 12.0 Å². The highest BCUT2D eigenvalue weighted by atomic mass is 79.9. The SMILES string of the molecule is O=S1(=O)Oc2c(n(Br)c3ccccc23)O1. The molecule has 1 aliphatic rings. The molecule has 1 aliphatic heterocycles. The van der Waals surface area contributed by atoms with Gasteiger partial charge in [-0.1, -0.05) is 12.1 Å². The molecule has 0 unspecified atom stereocenters. The molecule has 0 fully saturated rings. The zero-order chi connectivity index (χ0) is 10.6. The Morgan fingerprint density at radius 1 is 1.20 bits per heavy atom. The average molecular weight is 290 g/mol. The summed E-state index contributed by atoms with van der Waals surface area (Å²) in [5, 5.41) is 0.686. The van der Waals surface area contributed by atoms with Crippen LogP contribution in [0.4, 0.5) is 0 Å². The Morgan fingerprint density at radius 2 is 1.93 bits per heavy atom. The fourth-order valence-corrected chi connectivity index (χ4v) is 2.90. The highest BCUT2D eigenvalue weighted by Crippen LogP contribution is 2.45. The van der Waals surface area contributed by atoms with Crippen LogP contribution in [0.5, 0.6) is 11.6 Å². The zero-order valence-electron chi connectivity index (χ0n) is 7.18. The third-order valence-electron chi connectivity index (χ3n) is 2.10. The van der Waals surface area contributed by atoms with E-state index in [4.69, 9.17) is 4.18 Å². The summed E-state index contributed by atoms with van der Waals surface area (Å²) < 4.78 is 33.0. The Balaban J connectivity index is 2.43. The van der Waals surface area contributed by atoms with Gasteiger partial charge in [-0.05, 0) is 12.1 Å². The first-order valence-corrected chi connectivity index (χ1v) is 6.06. The molecule has 0 aliphatic carbocycles. The first kappa shape index (κ1) is 9.05. The van der Waals surface area contributed by atoms with E-state index < -0.39 is 10.4 Å². The minimum absolute atomic E-state index is 0.149. The van der Waals surface area contributed by atoms with E-state index in [-0.39, 0.29) is 11.6 Å². The summed E-state index contributed by atoms with van der Waals surface area (Å²) in [6.07, 6.45) is 0. The second-order valence-corrected chi connectivity index (χ2v) is 4.87. The van der Waals surface area contributed by atoms with E-state index in [1.807, 2.05) is 12.1 Å². The Kier molecular flexibility index (Phi) is 1.61. The molecule has 0 spiro atoms.